The third kappa shape index (κ3) is 2.65. The first kappa shape index (κ1) is 13.4. The fourth-order valence-electron chi connectivity index (χ4n) is 2.36. The van der Waals surface area contributed by atoms with Crippen molar-refractivity contribution in [3.8, 4) is 0 Å². The maximum Gasteiger partial charge on any atom is 0.264 e. The molecule has 108 valence electrons. The lowest BCUT2D eigenvalue weighted by Crippen LogP contribution is -2.20. The second kappa shape index (κ2) is 5.40. The molecule has 0 atom stereocenters. The zero-order chi connectivity index (χ0) is 14.8. The van der Waals surface area contributed by atoms with Crippen molar-refractivity contribution in [1.29, 1.82) is 0 Å². The Morgan fingerprint density at radius 2 is 2.00 bits per heavy atom. The van der Waals surface area contributed by atoms with E-state index in [2.05, 4.69) is 10.1 Å². The molecule has 21 heavy (non-hydrogen) atoms. The lowest BCUT2D eigenvalue weighted by molar-refractivity contribution is 0.616. The average molecular weight is 283 g/mol. The van der Waals surface area contributed by atoms with Crippen LogP contribution in [0.1, 0.15) is 12.0 Å². The van der Waals surface area contributed by atoms with Gasteiger partial charge in [-0.05, 0) is 30.5 Å². The lowest BCUT2D eigenvalue weighted by Gasteiger charge is -2.06. The van der Waals surface area contributed by atoms with Gasteiger partial charge in [-0.2, -0.15) is 5.10 Å². The van der Waals surface area contributed by atoms with Gasteiger partial charge in [0.25, 0.3) is 5.56 Å². The van der Waals surface area contributed by atoms with Gasteiger partial charge in [0.1, 0.15) is 5.39 Å². The van der Waals surface area contributed by atoms with Gasteiger partial charge in [0, 0.05) is 19.3 Å². The molecule has 2 heterocycles. The van der Waals surface area contributed by atoms with Gasteiger partial charge < -0.3 is 5.73 Å². The minimum atomic E-state index is -0.0367. The molecule has 2 aromatic heterocycles. The lowest BCUT2D eigenvalue weighted by atomic mass is 10.1. The predicted octanol–water partition coefficient (Wildman–Crippen LogP) is 1.34. The van der Waals surface area contributed by atoms with Crippen molar-refractivity contribution in [1.82, 2.24) is 19.3 Å². The summed E-state index contributed by atoms with van der Waals surface area (Å²) in [6, 6.07) is 7.82. The van der Waals surface area contributed by atoms with Crippen LogP contribution in [0.25, 0.3) is 11.0 Å². The molecule has 0 aliphatic rings. The maximum atomic E-state index is 12.3. The molecule has 3 rings (SSSR count). The monoisotopic (exact) mass is 283 g/mol. The fourth-order valence-corrected chi connectivity index (χ4v) is 2.36. The minimum Gasteiger partial charge on any atom is -0.399 e. The van der Waals surface area contributed by atoms with Gasteiger partial charge in [-0.1, -0.05) is 12.1 Å². The smallest absolute Gasteiger partial charge is 0.264 e. The summed E-state index contributed by atoms with van der Waals surface area (Å²) in [6.45, 7) is 0.640. The van der Waals surface area contributed by atoms with Crippen LogP contribution in [0.2, 0.25) is 0 Å². The Bertz CT molecular complexity index is 816. The molecule has 6 heteroatoms. The molecule has 0 aliphatic carbocycles. The third-order valence-electron chi connectivity index (χ3n) is 3.56. The van der Waals surface area contributed by atoms with Gasteiger partial charge in [-0.25, -0.2) is 4.98 Å². The van der Waals surface area contributed by atoms with E-state index in [1.54, 1.807) is 28.8 Å². The van der Waals surface area contributed by atoms with Crippen molar-refractivity contribution < 1.29 is 0 Å². The van der Waals surface area contributed by atoms with E-state index < -0.39 is 0 Å². The normalized spacial score (nSPS) is 11.1. The summed E-state index contributed by atoms with van der Waals surface area (Å²) in [5, 5.41) is 4.63. The van der Waals surface area contributed by atoms with Gasteiger partial charge >= 0.3 is 0 Å². The molecule has 2 N–H and O–H groups in total. The molecule has 0 aliphatic heterocycles. The second-order valence-electron chi connectivity index (χ2n) is 5.09. The number of benzene rings is 1. The molecule has 1 aromatic carbocycles. The van der Waals surface area contributed by atoms with Crippen molar-refractivity contribution in [2.45, 2.75) is 19.4 Å². The highest BCUT2D eigenvalue weighted by Gasteiger charge is 2.07. The second-order valence-corrected chi connectivity index (χ2v) is 5.09. The van der Waals surface area contributed by atoms with Crippen molar-refractivity contribution in [3.05, 3.63) is 52.7 Å². The van der Waals surface area contributed by atoms with E-state index in [4.69, 9.17) is 5.73 Å². The maximum absolute atomic E-state index is 12.3. The first-order valence-corrected chi connectivity index (χ1v) is 6.87. The highest BCUT2D eigenvalue weighted by molar-refractivity contribution is 5.72. The summed E-state index contributed by atoms with van der Waals surface area (Å²) in [4.78, 5) is 16.6. The molecule has 0 bridgehead atoms. The molecular formula is C15H17N5O. The van der Waals surface area contributed by atoms with Crippen LogP contribution in [0.15, 0.2) is 41.6 Å². The summed E-state index contributed by atoms with van der Waals surface area (Å²) in [5.74, 6) is 0. The number of aromatic nitrogens is 4. The quantitative estimate of drug-likeness (QED) is 0.733. The highest BCUT2D eigenvalue weighted by Crippen LogP contribution is 2.08. The predicted molar refractivity (Wildman–Crippen MR) is 81.9 cm³/mol. The molecule has 0 unspecified atom stereocenters. The van der Waals surface area contributed by atoms with Crippen LogP contribution in [0.3, 0.4) is 0 Å². The third-order valence-corrected chi connectivity index (χ3v) is 3.56. The number of nitrogens with zero attached hydrogens (tertiary/aromatic N) is 4. The first-order valence-electron chi connectivity index (χ1n) is 6.87. The van der Waals surface area contributed by atoms with Crippen LogP contribution in [0.5, 0.6) is 0 Å². The Labute approximate surface area is 121 Å². The Balaban J connectivity index is 1.72. The van der Waals surface area contributed by atoms with E-state index in [9.17, 15) is 4.79 Å². The molecule has 0 radical (unpaired) electrons. The van der Waals surface area contributed by atoms with Crippen molar-refractivity contribution in [2.75, 3.05) is 5.73 Å². The van der Waals surface area contributed by atoms with Crippen LogP contribution in [0.4, 0.5) is 5.69 Å². The molecule has 3 aromatic rings. The van der Waals surface area contributed by atoms with Crippen LogP contribution >= 0.6 is 0 Å². The number of aryl methyl sites for hydroxylation is 3. The molecule has 0 spiro atoms. The number of nitrogen functional groups attached to an aromatic ring is 1. The summed E-state index contributed by atoms with van der Waals surface area (Å²) in [7, 11) is 1.78. The van der Waals surface area contributed by atoms with E-state index in [1.165, 1.54) is 5.56 Å². The summed E-state index contributed by atoms with van der Waals surface area (Å²) in [5.41, 5.74) is 8.22. The molecular weight excluding hydrogens is 266 g/mol. The van der Waals surface area contributed by atoms with Crippen LogP contribution in [-0.2, 0) is 20.0 Å². The van der Waals surface area contributed by atoms with E-state index in [0.717, 1.165) is 18.5 Å². The van der Waals surface area contributed by atoms with Gasteiger partial charge in [0.2, 0.25) is 0 Å². The average Bonchev–Trinajstić information content (AvgIpc) is 2.86. The number of nitrogens with two attached hydrogens (primary N) is 1. The van der Waals surface area contributed by atoms with Crippen LogP contribution in [0, 0.1) is 0 Å². The number of rotatable bonds is 4. The molecule has 0 fully saturated rings. The molecule has 0 saturated heterocycles. The Kier molecular flexibility index (Phi) is 3.43. The van der Waals surface area contributed by atoms with Crippen LogP contribution < -0.4 is 11.3 Å². The van der Waals surface area contributed by atoms with Crippen LogP contribution in [-0.4, -0.2) is 19.3 Å². The highest BCUT2D eigenvalue weighted by atomic mass is 16.1. The summed E-state index contributed by atoms with van der Waals surface area (Å²) >= 11 is 0. The Morgan fingerprint density at radius 3 is 2.76 bits per heavy atom. The van der Waals surface area contributed by atoms with Gasteiger partial charge in [0.05, 0.1) is 12.5 Å². The summed E-state index contributed by atoms with van der Waals surface area (Å²) in [6.07, 6.45) is 4.94. The number of anilines is 1. The minimum absolute atomic E-state index is 0.0367. The van der Waals surface area contributed by atoms with E-state index in [0.29, 0.717) is 17.6 Å². The zero-order valence-electron chi connectivity index (χ0n) is 11.9. The van der Waals surface area contributed by atoms with Crippen molar-refractivity contribution in [3.63, 3.8) is 0 Å². The number of hydrogen-bond donors (Lipinski definition) is 1. The largest absolute Gasteiger partial charge is 0.399 e. The SMILES string of the molecule is Cn1ncc2c(=O)n(CCCc3ccc(N)cc3)cnc21. The van der Waals surface area contributed by atoms with Crippen molar-refractivity contribution >= 4 is 16.7 Å². The standard InChI is InChI=1S/C15H17N5O/c1-19-14-13(9-18-19)15(21)20(10-17-14)8-2-3-11-4-6-12(16)7-5-11/h4-7,9-10H,2-3,8,16H2,1H3. The van der Waals surface area contributed by atoms with E-state index in [-0.39, 0.29) is 5.56 Å². The number of fused-ring (bicyclic) bond motifs is 1. The Hall–Kier alpha value is -2.63. The number of hydrogen-bond acceptors (Lipinski definition) is 4. The molecule has 0 amide bonds. The van der Waals surface area contributed by atoms with Gasteiger partial charge in [-0.3, -0.25) is 14.0 Å². The first-order chi connectivity index (χ1) is 10.1. The van der Waals surface area contributed by atoms with Crippen molar-refractivity contribution in [2.24, 2.45) is 7.05 Å². The Morgan fingerprint density at radius 1 is 1.24 bits per heavy atom. The van der Waals surface area contributed by atoms with E-state index in [1.807, 2.05) is 24.3 Å². The topological polar surface area (TPSA) is 78.7 Å². The van der Waals surface area contributed by atoms with Gasteiger partial charge in [0.15, 0.2) is 5.65 Å². The molecule has 0 saturated carbocycles. The fraction of sp³-hybridized carbons (Fsp3) is 0.267. The zero-order valence-corrected chi connectivity index (χ0v) is 11.9. The van der Waals surface area contributed by atoms with E-state index >= 15 is 0 Å². The van der Waals surface area contributed by atoms with Gasteiger partial charge in [-0.15, -0.1) is 0 Å². The molecule has 6 nitrogen and oxygen atoms in total. The summed E-state index contributed by atoms with van der Waals surface area (Å²) < 4.78 is 3.25.